The molecule has 1 aromatic heterocycles. The molecule has 1 aliphatic rings. The van der Waals surface area contributed by atoms with Crippen molar-refractivity contribution in [1.82, 2.24) is 5.32 Å². The van der Waals surface area contributed by atoms with Crippen LogP contribution >= 0.6 is 27.3 Å². The van der Waals surface area contributed by atoms with Crippen LogP contribution in [0.25, 0.3) is 0 Å². The van der Waals surface area contributed by atoms with Crippen LogP contribution in [0.3, 0.4) is 0 Å². The number of nitrogens with one attached hydrogen (secondary N) is 1. The lowest BCUT2D eigenvalue weighted by molar-refractivity contribution is 0.453. The van der Waals surface area contributed by atoms with Gasteiger partial charge in [-0.2, -0.15) is 0 Å². The summed E-state index contributed by atoms with van der Waals surface area (Å²) < 4.78 is 1.20. The second kappa shape index (κ2) is 4.98. The van der Waals surface area contributed by atoms with Crippen LogP contribution < -0.4 is 5.32 Å². The minimum Gasteiger partial charge on any atom is -0.307 e. The summed E-state index contributed by atoms with van der Waals surface area (Å²) in [4.78, 5) is 1.43. The summed E-state index contributed by atoms with van der Waals surface area (Å²) in [7, 11) is 0. The molecule has 84 valence electrons. The first-order valence-corrected chi connectivity index (χ1v) is 7.32. The van der Waals surface area contributed by atoms with Crippen LogP contribution in [-0.4, -0.2) is 6.04 Å². The van der Waals surface area contributed by atoms with Gasteiger partial charge >= 0.3 is 0 Å². The first kappa shape index (κ1) is 11.6. The molecule has 0 aromatic carbocycles. The van der Waals surface area contributed by atoms with E-state index in [-0.39, 0.29) is 0 Å². The van der Waals surface area contributed by atoms with Crippen molar-refractivity contribution in [2.24, 2.45) is 5.92 Å². The topological polar surface area (TPSA) is 12.0 Å². The predicted molar refractivity (Wildman–Crippen MR) is 70.4 cm³/mol. The standard InChI is InChI=1S/C12H18BrNS/c1-8-3-4-11(5-8)14-9(2)12-6-10(13)7-15-12/h6-9,11,14H,3-5H2,1-2H3. The molecule has 1 saturated carbocycles. The molecule has 1 N–H and O–H groups in total. The lowest BCUT2D eigenvalue weighted by Gasteiger charge is -2.18. The summed E-state index contributed by atoms with van der Waals surface area (Å²) in [6.07, 6.45) is 4.08. The first-order chi connectivity index (χ1) is 7.15. The molecule has 0 aliphatic heterocycles. The van der Waals surface area contributed by atoms with E-state index in [2.05, 4.69) is 46.5 Å². The number of hydrogen-bond donors (Lipinski definition) is 1. The number of rotatable bonds is 3. The number of hydrogen-bond acceptors (Lipinski definition) is 2. The molecule has 1 aromatic rings. The Morgan fingerprint density at radius 2 is 2.33 bits per heavy atom. The Kier molecular flexibility index (Phi) is 3.86. The second-order valence-corrected chi connectivity index (χ2v) is 6.53. The van der Waals surface area contributed by atoms with Gasteiger partial charge in [0.15, 0.2) is 0 Å². The molecule has 3 heteroatoms. The zero-order valence-electron chi connectivity index (χ0n) is 9.29. The van der Waals surface area contributed by atoms with Crippen LogP contribution in [-0.2, 0) is 0 Å². The van der Waals surface area contributed by atoms with Gasteiger partial charge in [-0.3, -0.25) is 0 Å². The molecule has 0 bridgehead atoms. The molecule has 3 unspecified atom stereocenters. The third kappa shape index (κ3) is 3.05. The van der Waals surface area contributed by atoms with E-state index in [1.54, 1.807) is 0 Å². The van der Waals surface area contributed by atoms with E-state index in [9.17, 15) is 0 Å². The van der Waals surface area contributed by atoms with Crippen LogP contribution in [0.5, 0.6) is 0 Å². The van der Waals surface area contributed by atoms with Gasteiger partial charge in [0, 0.05) is 26.8 Å². The Morgan fingerprint density at radius 3 is 2.87 bits per heavy atom. The molecular formula is C12H18BrNS. The van der Waals surface area contributed by atoms with Gasteiger partial charge in [0.2, 0.25) is 0 Å². The third-order valence-electron chi connectivity index (χ3n) is 3.20. The van der Waals surface area contributed by atoms with E-state index >= 15 is 0 Å². The Morgan fingerprint density at radius 1 is 1.53 bits per heavy atom. The molecule has 1 nitrogen and oxygen atoms in total. The van der Waals surface area contributed by atoms with Crippen molar-refractivity contribution in [1.29, 1.82) is 0 Å². The predicted octanol–water partition coefficient (Wildman–Crippen LogP) is 4.35. The Bertz CT molecular complexity index is 323. The summed E-state index contributed by atoms with van der Waals surface area (Å²) >= 11 is 5.34. The maximum atomic E-state index is 3.73. The van der Waals surface area contributed by atoms with Crippen molar-refractivity contribution in [3.05, 3.63) is 20.8 Å². The largest absolute Gasteiger partial charge is 0.307 e. The van der Waals surface area contributed by atoms with Crippen LogP contribution in [0.1, 0.15) is 44.0 Å². The molecule has 3 atom stereocenters. The van der Waals surface area contributed by atoms with E-state index in [1.165, 1.54) is 28.6 Å². The molecular weight excluding hydrogens is 270 g/mol. The van der Waals surface area contributed by atoms with Crippen molar-refractivity contribution in [2.45, 2.75) is 45.2 Å². The van der Waals surface area contributed by atoms with Gasteiger partial charge in [0.1, 0.15) is 0 Å². The average molecular weight is 288 g/mol. The zero-order valence-corrected chi connectivity index (χ0v) is 11.7. The fourth-order valence-corrected chi connectivity index (χ4v) is 3.81. The lowest BCUT2D eigenvalue weighted by Crippen LogP contribution is -2.28. The van der Waals surface area contributed by atoms with Gasteiger partial charge in [0.25, 0.3) is 0 Å². The molecule has 1 aliphatic carbocycles. The normalized spacial score (nSPS) is 28.2. The van der Waals surface area contributed by atoms with Gasteiger partial charge in [-0.15, -0.1) is 11.3 Å². The minimum absolute atomic E-state index is 0.497. The SMILES string of the molecule is CC1CCC(NC(C)c2cc(Br)cs2)C1. The molecule has 2 rings (SSSR count). The van der Waals surface area contributed by atoms with Crippen molar-refractivity contribution < 1.29 is 0 Å². The van der Waals surface area contributed by atoms with Crippen molar-refractivity contribution in [3.8, 4) is 0 Å². The monoisotopic (exact) mass is 287 g/mol. The van der Waals surface area contributed by atoms with E-state index in [0.29, 0.717) is 6.04 Å². The lowest BCUT2D eigenvalue weighted by atomic mass is 10.1. The van der Waals surface area contributed by atoms with E-state index < -0.39 is 0 Å². The zero-order chi connectivity index (χ0) is 10.8. The summed E-state index contributed by atoms with van der Waals surface area (Å²) in [5.74, 6) is 0.907. The molecule has 1 heterocycles. The van der Waals surface area contributed by atoms with Gasteiger partial charge in [-0.1, -0.05) is 6.92 Å². The summed E-state index contributed by atoms with van der Waals surface area (Å²) in [6.45, 7) is 4.62. The second-order valence-electron chi connectivity index (χ2n) is 4.67. The van der Waals surface area contributed by atoms with E-state index in [1.807, 2.05) is 11.3 Å². The van der Waals surface area contributed by atoms with E-state index in [4.69, 9.17) is 0 Å². The molecule has 0 radical (unpaired) electrons. The summed E-state index contributed by atoms with van der Waals surface area (Å²) in [5.41, 5.74) is 0. The highest BCUT2D eigenvalue weighted by atomic mass is 79.9. The van der Waals surface area contributed by atoms with Crippen LogP contribution in [0.4, 0.5) is 0 Å². The fraction of sp³-hybridized carbons (Fsp3) is 0.667. The highest BCUT2D eigenvalue weighted by Crippen LogP contribution is 2.29. The smallest absolute Gasteiger partial charge is 0.0388 e. The Balaban J connectivity index is 1.89. The highest BCUT2D eigenvalue weighted by Gasteiger charge is 2.22. The molecule has 0 saturated heterocycles. The minimum atomic E-state index is 0.497. The molecule has 0 spiro atoms. The highest BCUT2D eigenvalue weighted by molar-refractivity contribution is 9.10. The number of halogens is 1. The van der Waals surface area contributed by atoms with Gasteiger partial charge in [-0.05, 0) is 54.1 Å². The summed E-state index contributed by atoms with van der Waals surface area (Å²) in [5, 5.41) is 5.89. The Hall–Kier alpha value is 0.140. The van der Waals surface area contributed by atoms with Gasteiger partial charge < -0.3 is 5.32 Å². The fourth-order valence-electron chi connectivity index (χ4n) is 2.35. The van der Waals surface area contributed by atoms with Crippen molar-refractivity contribution in [3.63, 3.8) is 0 Å². The maximum Gasteiger partial charge on any atom is 0.0388 e. The summed E-state index contributed by atoms with van der Waals surface area (Å²) in [6, 6.07) is 3.45. The Labute approximate surface area is 104 Å². The van der Waals surface area contributed by atoms with Crippen molar-refractivity contribution in [2.75, 3.05) is 0 Å². The third-order valence-corrected chi connectivity index (χ3v) is 5.07. The average Bonchev–Trinajstić information content (AvgIpc) is 2.75. The molecule has 15 heavy (non-hydrogen) atoms. The molecule has 0 amide bonds. The van der Waals surface area contributed by atoms with Crippen LogP contribution in [0.15, 0.2) is 15.9 Å². The van der Waals surface area contributed by atoms with Crippen LogP contribution in [0, 0.1) is 5.92 Å². The van der Waals surface area contributed by atoms with Gasteiger partial charge in [0.05, 0.1) is 0 Å². The molecule has 1 fully saturated rings. The quantitative estimate of drug-likeness (QED) is 0.872. The maximum absolute atomic E-state index is 3.73. The van der Waals surface area contributed by atoms with Crippen LogP contribution in [0.2, 0.25) is 0 Å². The van der Waals surface area contributed by atoms with Crippen molar-refractivity contribution >= 4 is 27.3 Å². The first-order valence-electron chi connectivity index (χ1n) is 5.65. The van der Waals surface area contributed by atoms with E-state index in [0.717, 1.165) is 12.0 Å². The number of thiophene rings is 1. The van der Waals surface area contributed by atoms with Gasteiger partial charge in [-0.25, -0.2) is 0 Å².